The molecule has 0 aromatic rings. The van der Waals surface area contributed by atoms with Gasteiger partial charge in [0.15, 0.2) is 0 Å². The summed E-state index contributed by atoms with van der Waals surface area (Å²) in [7, 11) is -0.297. The van der Waals surface area contributed by atoms with Gasteiger partial charge in [-0.1, -0.05) is 13.8 Å². The first-order chi connectivity index (χ1) is 10.7. The molecule has 0 spiro atoms. The Kier molecular flexibility index (Phi) is 8.73. The van der Waals surface area contributed by atoms with Crippen molar-refractivity contribution < 1.29 is 32.9 Å². The van der Waals surface area contributed by atoms with Gasteiger partial charge in [-0.2, -0.15) is 0 Å². The molecular weight excluding hydrogens is 322 g/mol. The summed E-state index contributed by atoms with van der Waals surface area (Å²) in [6.45, 7) is 8.24. The van der Waals surface area contributed by atoms with Crippen LogP contribution in [0.1, 0.15) is 27.7 Å². The Hall–Kier alpha value is 0.0549. The molecule has 1 rings (SSSR count). The van der Waals surface area contributed by atoms with E-state index in [0.29, 0.717) is 13.2 Å². The van der Waals surface area contributed by atoms with Gasteiger partial charge in [0.2, 0.25) is 0 Å². The van der Waals surface area contributed by atoms with Crippen molar-refractivity contribution >= 4 is 15.4 Å². The van der Waals surface area contributed by atoms with Gasteiger partial charge in [0.05, 0.1) is 37.6 Å². The third-order valence-corrected chi connectivity index (χ3v) is 5.51. The molecule has 1 unspecified atom stereocenters. The van der Waals surface area contributed by atoms with Gasteiger partial charge in [0, 0.05) is 7.11 Å². The lowest BCUT2D eigenvalue weighted by molar-refractivity contribution is -0.0502. The molecule has 136 valence electrons. The molecule has 0 saturated carbocycles. The number of methoxy groups -OCH3 is 1. The van der Waals surface area contributed by atoms with E-state index in [-0.39, 0.29) is 18.7 Å². The first-order valence-corrected chi connectivity index (χ1v) is 9.72. The summed E-state index contributed by atoms with van der Waals surface area (Å²) >= 11 is 0. The topological polar surface area (TPSA) is 83.5 Å². The third kappa shape index (κ3) is 6.46. The van der Waals surface area contributed by atoms with Crippen molar-refractivity contribution in [2.45, 2.75) is 63.8 Å². The molecule has 1 N–H and O–H groups in total. The van der Waals surface area contributed by atoms with Crippen LogP contribution >= 0.6 is 7.60 Å². The Morgan fingerprint density at radius 2 is 1.87 bits per heavy atom. The summed E-state index contributed by atoms with van der Waals surface area (Å²) < 4.78 is 40.0. The first-order valence-electron chi connectivity index (χ1n) is 8.07. The van der Waals surface area contributed by atoms with Crippen LogP contribution in [0.25, 0.3) is 0 Å². The van der Waals surface area contributed by atoms with Crippen molar-refractivity contribution in [3.63, 3.8) is 0 Å². The minimum absolute atomic E-state index is 0.0362. The second kappa shape index (κ2) is 9.52. The maximum absolute atomic E-state index is 12.3. The summed E-state index contributed by atoms with van der Waals surface area (Å²) in [6, 6.07) is -0.259. The zero-order valence-corrected chi connectivity index (χ0v) is 15.8. The fraction of sp³-hybridized carbons (Fsp3) is 1.00. The Bertz CT molecular complexity index is 393. The molecule has 9 heteroatoms. The predicted octanol–water partition coefficient (Wildman–Crippen LogP) is 0.780. The summed E-state index contributed by atoms with van der Waals surface area (Å²) in [5, 5.41) is 0. The number of ether oxygens (including phenoxy) is 4. The molecule has 0 bridgehead atoms. The average molecular weight is 352 g/mol. The molecule has 1 saturated heterocycles. The van der Waals surface area contributed by atoms with Gasteiger partial charge in [-0.05, 0) is 13.8 Å². The molecule has 1 heterocycles. The van der Waals surface area contributed by atoms with E-state index in [1.54, 1.807) is 21.0 Å². The fourth-order valence-corrected chi connectivity index (χ4v) is 3.10. The molecular formula is C14H30BO7P. The highest BCUT2D eigenvalue weighted by Gasteiger charge is 2.47. The van der Waals surface area contributed by atoms with Gasteiger partial charge in [0.25, 0.3) is 0 Å². The molecule has 0 amide bonds. The largest absolute Gasteiger partial charge is 0.382 e. The summed E-state index contributed by atoms with van der Waals surface area (Å²) in [6.07, 6.45) is -1.50. The zero-order valence-electron chi connectivity index (χ0n) is 14.9. The first kappa shape index (κ1) is 21.1. The normalized spacial score (nSPS) is 31.0. The second-order valence-electron chi connectivity index (χ2n) is 6.32. The van der Waals surface area contributed by atoms with E-state index in [1.165, 1.54) is 0 Å². The standard InChI is InChI=1S/C14H30BO7P/c1-9(2)20-8-11-12(22-23(16,17)10(3)4)13(14(15)21-11)19-7-6-18-5/h9-14H,6-8,15H2,1-5H3,(H,16,17)/t11-,12-,13-,14-/m1/s1. The Balaban J connectivity index is 2.82. The summed E-state index contributed by atoms with van der Waals surface area (Å²) in [5.41, 5.74) is -0.496. The van der Waals surface area contributed by atoms with Crippen molar-refractivity contribution in [1.82, 2.24) is 0 Å². The van der Waals surface area contributed by atoms with Crippen LogP contribution in [0, 0.1) is 0 Å². The van der Waals surface area contributed by atoms with E-state index in [0.717, 1.165) is 0 Å². The highest BCUT2D eigenvalue weighted by Crippen LogP contribution is 2.50. The van der Waals surface area contributed by atoms with Crippen molar-refractivity contribution in [3.05, 3.63) is 0 Å². The van der Waals surface area contributed by atoms with Crippen molar-refractivity contribution in [2.24, 2.45) is 0 Å². The van der Waals surface area contributed by atoms with Crippen LogP contribution < -0.4 is 0 Å². The minimum Gasteiger partial charge on any atom is -0.382 e. The fourth-order valence-electron chi connectivity index (χ4n) is 2.25. The van der Waals surface area contributed by atoms with E-state index < -0.39 is 31.6 Å². The van der Waals surface area contributed by atoms with Crippen LogP contribution in [0.3, 0.4) is 0 Å². The van der Waals surface area contributed by atoms with E-state index in [1.807, 2.05) is 21.7 Å². The molecule has 7 nitrogen and oxygen atoms in total. The van der Waals surface area contributed by atoms with Crippen LogP contribution in [0.4, 0.5) is 0 Å². The van der Waals surface area contributed by atoms with E-state index in [2.05, 4.69) is 0 Å². The van der Waals surface area contributed by atoms with Crippen LogP contribution in [0.5, 0.6) is 0 Å². The van der Waals surface area contributed by atoms with Crippen molar-refractivity contribution in [3.8, 4) is 0 Å². The second-order valence-corrected chi connectivity index (χ2v) is 8.69. The van der Waals surface area contributed by atoms with Crippen molar-refractivity contribution in [2.75, 3.05) is 26.9 Å². The van der Waals surface area contributed by atoms with Gasteiger partial charge in [-0.3, -0.25) is 9.09 Å². The monoisotopic (exact) mass is 352 g/mol. The van der Waals surface area contributed by atoms with Gasteiger partial charge in [-0.15, -0.1) is 0 Å². The smallest absolute Gasteiger partial charge is 0.331 e. The molecule has 1 fully saturated rings. The Morgan fingerprint density at radius 3 is 2.39 bits per heavy atom. The average Bonchev–Trinajstić information content (AvgIpc) is 2.73. The number of hydrogen-bond donors (Lipinski definition) is 1. The number of rotatable bonds is 10. The van der Waals surface area contributed by atoms with Crippen LogP contribution in [-0.2, 0) is 28.0 Å². The van der Waals surface area contributed by atoms with Gasteiger partial charge in [0.1, 0.15) is 26.2 Å². The molecule has 0 radical (unpaired) electrons. The number of hydrogen-bond acceptors (Lipinski definition) is 6. The van der Waals surface area contributed by atoms with Crippen LogP contribution in [-0.4, -0.2) is 75.7 Å². The molecule has 5 atom stereocenters. The maximum Gasteiger partial charge on any atom is 0.331 e. The van der Waals surface area contributed by atoms with Crippen LogP contribution in [0.15, 0.2) is 0 Å². The predicted molar refractivity (Wildman–Crippen MR) is 89.7 cm³/mol. The highest BCUT2D eigenvalue weighted by atomic mass is 31.2. The molecule has 1 aliphatic rings. The highest BCUT2D eigenvalue weighted by molar-refractivity contribution is 7.53. The van der Waals surface area contributed by atoms with Gasteiger partial charge >= 0.3 is 7.60 Å². The van der Waals surface area contributed by atoms with Crippen LogP contribution in [0.2, 0.25) is 0 Å². The van der Waals surface area contributed by atoms with Gasteiger partial charge < -0.3 is 23.8 Å². The molecule has 23 heavy (non-hydrogen) atoms. The molecule has 0 aromatic carbocycles. The molecule has 1 aliphatic heterocycles. The molecule has 0 aromatic heterocycles. The quantitative estimate of drug-likeness (QED) is 0.353. The maximum atomic E-state index is 12.3. The lowest BCUT2D eigenvalue weighted by atomic mass is 9.93. The van der Waals surface area contributed by atoms with Gasteiger partial charge in [-0.25, -0.2) is 0 Å². The van der Waals surface area contributed by atoms with Crippen molar-refractivity contribution in [1.29, 1.82) is 0 Å². The third-order valence-electron chi connectivity index (χ3n) is 3.66. The Morgan fingerprint density at radius 1 is 1.22 bits per heavy atom. The lowest BCUT2D eigenvalue weighted by Gasteiger charge is -2.28. The minimum atomic E-state index is -3.75. The summed E-state index contributed by atoms with van der Waals surface area (Å²) in [4.78, 5) is 10.1. The zero-order chi connectivity index (χ0) is 17.6. The van der Waals surface area contributed by atoms with E-state index >= 15 is 0 Å². The SMILES string of the molecule is B[C@@H]1O[C@H](COC(C)C)[C@@H](OP(=O)(O)C(C)C)[C@H]1OCCOC. The van der Waals surface area contributed by atoms with E-state index in [4.69, 9.17) is 23.5 Å². The summed E-state index contributed by atoms with van der Waals surface area (Å²) in [5.74, 6) is 0. The molecule has 0 aliphatic carbocycles. The van der Waals surface area contributed by atoms with E-state index in [9.17, 15) is 9.46 Å². The Labute approximate surface area is 139 Å². The lowest BCUT2D eigenvalue weighted by Crippen LogP contribution is -2.40.